The molecule has 2 aliphatic heterocycles. The molecule has 1 aromatic rings. The Morgan fingerprint density at radius 3 is 2.90 bits per heavy atom. The van der Waals surface area contributed by atoms with E-state index in [2.05, 4.69) is 10.3 Å². The third-order valence-electron chi connectivity index (χ3n) is 3.67. The molecular weight excluding hydrogens is 289 g/mol. The summed E-state index contributed by atoms with van der Waals surface area (Å²) >= 11 is 5.37. The Bertz CT molecular complexity index is 560. The van der Waals surface area contributed by atoms with Gasteiger partial charge in [-0.1, -0.05) is 12.2 Å². The molecule has 108 valence electrons. The van der Waals surface area contributed by atoms with Crippen molar-refractivity contribution in [3.63, 3.8) is 0 Å². The van der Waals surface area contributed by atoms with Crippen LogP contribution in [0.2, 0.25) is 0 Å². The maximum atomic E-state index is 12.8. The number of thiocarbonyl (C=S) groups is 1. The van der Waals surface area contributed by atoms with E-state index in [0.29, 0.717) is 29.6 Å². The quantitative estimate of drug-likeness (QED) is 0.737. The van der Waals surface area contributed by atoms with Crippen molar-refractivity contribution in [2.75, 3.05) is 36.5 Å². The largest absolute Gasteiger partial charge is 0.417 e. The third kappa shape index (κ3) is 2.03. The van der Waals surface area contributed by atoms with Crippen molar-refractivity contribution in [3.05, 3.63) is 17.8 Å². The van der Waals surface area contributed by atoms with Crippen LogP contribution in [0.25, 0.3) is 0 Å². The predicted molar refractivity (Wildman–Crippen MR) is 74.2 cm³/mol. The van der Waals surface area contributed by atoms with Gasteiger partial charge in [0.25, 0.3) is 0 Å². The van der Waals surface area contributed by atoms with Crippen LogP contribution >= 0.6 is 12.2 Å². The maximum absolute atomic E-state index is 12.8. The summed E-state index contributed by atoms with van der Waals surface area (Å²) in [5.41, 5.74) is -0.331. The summed E-state index contributed by atoms with van der Waals surface area (Å²) in [7, 11) is 1.69. The Labute approximate surface area is 119 Å². The molecule has 4 nitrogen and oxygen atoms in total. The molecule has 0 aliphatic carbocycles. The highest BCUT2D eigenvalue weighted by molar-refractivity contribution is 7.80. The molecule has 0 radical (unpaired) electrons. The molecule has 0 saturated carbocycles. The van der Waals surface area contributed by atoms with Gasteiger partial charge in [0.2, 0.25) is 0 Å². The van der Waals surface area contributed by atoms with E-state index in [0.717, 1.165) is 18.8 Å². The van der Waals surface area contributed by atoms with Crippen molar-refractivity contribution < 1.29 is 13.2 Å². The molecule has 0 amide bonds. The van der Waals surface area contributed by atoms with Crippen LogP contribution in [0.1, 0.15) is 5.56 Å². The Morgan fingerprint density at radius 1 is 1.45 bits per heavy atom. The van der Waals surface area contributed by atoms with E-state index in [-0.39, 0.29) is 6.04 Å². The monoisotopic (exact) mass is 302 g/mol. The number of pyridine rings is 1. The summed E-state index contributed by atoms with van der Waals surface area (Å²) in [5.74, 6) is 0.570. The van der Waals surface area contributed by atoms with E-state index in [1.807, 2.05) is 4.90 Å². The lowest BCUT2D eigenvalue weighted by molar-refractivity contribution is -0.137. The molecule has 0 aromatic carbocycles. The van der Waals surface area contributed by atoms with Crippen molar-refractivity contribution in [3.8, 4) is 0 Å². The van der Waals surface area contributed by atoms with Gasteiger partial charge in [-0.2, -0.15) is 13.2 Å². The summed E-state index contributed by atoms with van der Waals surface area (Å²) in [6.45, 7) is 2.14. The first-order chi connectivity index (χ1) is 9.39. The van der Waals surface area contributed by atoms with Gasteiger partial charge in [-0.15, -0.1) is 0 Å². The lowest BCUT2D eigenvalue weighted by atomic mass is 10.1. The molecule has 0 spiro atoms. The minimum atomic E-state index is -4.40. The van der Waals surface area contributed by atoms with Crippen LogP contribution in [0.15, 0.2) is 12.3 Å². The summed E-state index contributed by atoms with van der Waals surface area (Å²) in [6.07, 6.45) is -3.51. The SMILES string of the molecule is CN1C(=S)[C@H]2CNCCN2c2ncc(C(F)(F)F)cc21. The van der Waals surface area contributed by atoms with Gasteiger partial charge in [0.1, 0.15) is 4.99 Å². The first kappa shape index (κ1) is 13.6. The van der Waals surface area contributed by atoms with Crippen LogP contribution in [-0.4, -0.2) is 42.7 Å². The number of alkyl halides is 3. The van der Waals surface area contributed by atoms with Crippen molar-refractivity contribution >= 4 is 28.7 Å². The molecule has 0 bridgehead atoms. The number of anilines is 2. The van der Waals surface area contributed by atoms with E-state index in [9.17, 15) is 13.2 Å². The minimum Gasteiger partial charge on any atom is -0.343 e. The average Bonchev–Trinajstić information content (AvgIpc) is 2.43. The minimum absolute atomic E-state index is 0.0273. The number of aromatic nitrogens is 1. The molecule has 2 aliphatic rings. The number of rotatable bonds is 0. The van der Waals surface area contributed by atoms with Crippen LogP contribution in [-0.2, 0) is 6.18 Å². The molecule has 20 heavy (non-hydrogen) atoms. The highest BCUT2D eigenvalue weighted by Gasteiger charge is 2.39. The average molecular weight is 302 g/mol. The van der Waals surface area contributed by atoms with Gasteiger partial charge in [0, 0.05) is 32.9 Å². The normalized spacial score (nSPS) is 22.6. The second kappa shape index (κ2) is 4.56. The topological polar surface area (TPSA) is 31.4 Å². The molecule has 1 aromatic heterocycles. The molecule has 1 N–H and O–H groups in total. The zero-order valence-corrected chi connectivity index (χ0v) is 11.6. The van der Waals surface area contributed by atoms with Crippen molar-refractivity contribution in [2.45, 2.75) is 12.2 Å². The van der Waals surface area contributed by atoms with Crippen LogP contribution in [0.3, 0.4) is 0 Å². The Kier molecular flexibility index (Phi) is 3.09. The van der Waals surface area contributed by atoms with Crippen LogP contribution in [0.4, 0.5) is 24.7 Å². The lowest BCUT2D eigenvalue weighted by Crippen LogP contribution is -2.60. The van der Waals surface area contributed by atoms with Gasteiger partial charge in [-0.25, -0.2) is 4.98 Å². The number of nitrogens with one attached hydrogen (secondary N) is 1. The van der Waals surface area contributed by atoms with E-state index in [1.165, 1.54) is 0 Å². The van der Waals surface area contributed by atoms with Gasteiger partial charge < -0.3 is 15.1 Å². The molecule has 1 atom stereocenters. The van der Waals surface area contributed by atoms with Crippen molar-refractivity contribution in [1.82, 2.24) is 10.3 Å². The second-order valence-corrected chi connectivity index (χ2v) is 5.29. The zero-order valence-electron chi connectivity index (χ0n) is 10.7. The fourth-order valence-electron chi connectivity index (χ4n) is 2.59. The molecular formula is C12H13F3N4S. The number of hydrogen-bond donors (Lipinski definition) is 1. The summed E-state index contributed by atoms with van der Waals surface area (Å²) < 4.78 is 38.4. The summed E-state index contributed by atoms with van der Waals surface area (Å²) in [6, 6.07) is 1.09. The molecule has 3 rings (SSSR count). The fraction of sp³-hybridized carbons (Fsp3) is 0.500. The number of piperazine rings is 1. The number of hydrogen-bond acceptors (Lipinski definition) is 4. The van der Waals surface area contributed by atoms with Gasteiger partial charge >= 0.3 is 6.18 Å². The van der Waals surface area contributed by atoms with Gasteiger partial charge in [0.05, 0.1) is 17.3 Å². The molecule has 1 saturated heterocycles. The predicted octanol–water partition coefficient (Wildman–Crippen LogP) is 1.66. The van der Waals surface area contributed by atoms with E-state index in [1.54, 1.807) is 11.9 Å². The maximum Gasteiger partial charge on any atom is 0.417 e. The standard InChI is InChI=1S/C12H13F3N4S/c1-18-8-4-7(12(13,14)15)5-17-10(8)19-3-2-16-6-9(19)11(18)20/h4-5,9,16H,2-3,6H2,1H3/t9-/m1/s1. The van der Waals surface area contributed by atoms with Crippen LogP contribution in [0.5, 0.6) is 0 Å². The molecule has 1 fully saturated rings. The summed E-state index contributed by atoms with van der Waals surface area (Å²) in [5, 5.41) is 3.24. The highest BCUT2D eigenvalue weighted by Crippen LogP contribution is 2.38. The highest BCUT2D eigenvalue weighted by atomic mass is 32.1. The Hall–Kier alpha value is -1.41. The van der Waals surface area contributed by atoms with Gasteiger partial charge in [-0.05, 0) is 6.07 Å². The number of nitrogens with zero attached hydrogens (tertiary/aromatic N) is 3. The lowest BCUT2D eigenvalue weighted by Gasteiger charge is -2.45. The third-order valence-corrected chi connectivity index (χ3v) is 4.21. The first-order valence-corrected chi connectivity index (χ1v) is 6.62. The molecule has 3 heterocycles. The second-order valence-electron chi connectivity index (χ2n) is 4.88. The zero-order chi connectivity index (χ0) is 14.5. The van der Waals surface area contributed by atoms with E-state index >= 15 is 0 Å². The summed E-state index contributed by atoms with van der Waals surface area (Å²) in [4.78, 5) is 8.25. The number of halogens is 3. The molecule has 8 heteroatoms. The number of fused-ring (bicyclic) bond motifs is 3. The van der Waals surface area contributed by atoms with E-state index < -0.39 is 11.7 Å². The van der Waals surface area contributed by atoms with Gasteiger partial charge in [0.15, 0.2) is 5.82 Å². The molecule has 0 unspecified atom stereocenters. The van der Waals surface area contributed by atoms with Crippen molar-refractivity contribution in [1.29, 1.82) is 0 Å². The Balaban J connectivity index is 2.09. The van der Waals surface area contributed by atoms with Gasteiger partial charge in [-0.3, -0.25) is 0 Å². The Morgan fingerprint density at radius 2 is 2.20 bits per heavy atom. The van der Waals surface area contributed by atoms with Crippen molar-refractivity contribution in [2.24, 2.45) is 0 Å². The fourth-order valence-corrected chi connectivity index (χ4v) is 2.90. The van der Waals surface area contributed by atoms with Crippen LogP contribution in [0, 0.1) is 0 Å². The smallest absolute Gasteiger partial charge is 0.343 e. The first-order valence-electron chi connectivity index (χ1n) is 6.22. The van der Waals surface area contributed by atoms with E-state index in [4.69, 9.17) is 12.2 Å². The number of likely N-dealkylation sites (N-methyl/N-ethyl adjacent to an activating group) is 1. The van der Waals surface area contributed by atoms with Crippen LogP contribution < -0.4 is 15.1 Å².